The van der Waals surface area contributed by atoms with Crippen LogP contribution in [-0.4, -0.2) is 21.3 Å². The summed E-state index contributed by atoms with van der Waals surface area (Å²) in [6.45, 7) is 10.2. The Labute approximate surface area is 112 Å². The van der Waals surface area contributed by atoms with Crippen LogP contribution in [0.1, 0.15) is 28.4 Å². The zero-order valence-corrected chi connectivity index (χ0v) is 12.3. The standard InChI is InChI=1S/C13H20N4S/c1-9-8-10(2)17(16-9)7-5-6-14-13-15-11(3)12(4)18-13/h8H,5-7H2,1-4H3,(H,14,15). The summed E-state index contributed by atoms with van der Waals surface area (Å²) in [6, 6.07) is 2.11. The molecular formula is C13H20N4S. The molecule has 0 atom stereocenters. The summed E-state index contributed by atoms with van der Waals surface area (Å²) in [7, 11) is 0. The zero-order chi connectivity index (χ0) is 13.1. The number of hydrogen-bond donors (Lipinski definition) is 1. The van der Waals surface area contributed by atoms with E-state index in [0.29, 0.717) is 0 Å². The highest BCUT2D eigenvalue weighted by atomic mass is 32.1. The van der Waals surface area contributed by atoms with Crippen LogP contribution < -0.4 is 5.32 Å². The van der Waals surface area contributed by atoms with Crippen LogP contribution in [0.25, 0.3) is 0 Å². The minimum absolute atomic E-state index is 0.935. The van der Waals surface area contributed by atoms with Gasteiger partial charge < -0.3 is 5.32 Å². The van der Waals surface area contributed by atoms with Crippen LogP contribution in [0, 0.1) is 27.7 Å². The molecule has 0 bridgehead atoms. The Morgan fingerprint density at radius 1 is 1.28 bits per heavy atom. The van der Waals surface area contributed by atoms with E-state index in [4.69, 9.17) is 0 Å². The lowest BCUT2D eigenvalue weighted by Gasteiger charge is -2.05. The maximum absolute atomic E-state index is 4.46. The molecule has 0 aliphatic rings. The van der Waals surface area contributed by atoms with E-state index in [1.807, 2.05) is 13.8 Å². The molecule has 0 aliphatic heterocycles. The van der Waals surface area contributed by atoms with Crippen LogP contribution in [0.5, 0.6) is 0 Å². The van der Waals surface area contributed by atoms with Gasteiger partial charge in [0.1, 0.15) is 0 Å². The van der Waals surface area contributed by atoms with E-state index >= 15 is 0 Å². The van der Waals surface area contributed by atoms with E-state index in [1.165, 1.54) is 10.6 Å². The molecule has 1 N–H and O–H groups in total. The average Bonchev–Trinajstić information content (AvgIpc) is 2.78. The van der Waals surface area contributed by atoms with Crippen molar-refractivity contribution < 1.29 is 0 Å². The fourth-order valence-electron chi connectivity index (χ4n) is 1.87. The Morgan fingerprint density at radius 3 is 2.61 bits per heavy atom. The summed E-state index contributed by atoms with van der Waals surface area (Å²) in [4.78, 5) is 5.75. The second-order valence-corrected chi connectivity index (χ2v) is 5.79. The lowest BCUT2D eigenvalue weighted by Crippen LogP contribution is -2.08. The van der Waals surface area contributed by atoms with Crippen molar-refractivity contribution in [2.24, 2.45) is 0 Å². The summed E-state index contributed by atoms with van der Waals surface area (Å²) >= 11 is 1.72. The molecule has 0 aliphatic carbocycles. The van der Waals surface area contributed by atoms with Gasteiger partial charge in [-0.15, -0.1) is 11.3 Å². The molecule has 0 spiro atoms. The van der Waals surface area contributed by atoms with Crippen molar-refractivity contribution in [2.75, 3.05) is 11.9 Å². The van der Waals surface area contributed by atoms with E-state index in [-0.39, 0.29) is 0 Å². The fourth-order valence-corrected chi connectivity index (χ4v) is 2.71. The topological polar surface area (TPSA) is 42.7 Å². The van der Waals surface area contributed by atoms with Crippen LogP contribution in [0.4, 0.5) is 5.13 Å². The lowest BCUT2D eigenvalue weighted by molar-refractivity contribution is 0.573. The molecule has 18 heavy (non-hydrogen) atoms. The Hall–Kier alpha value is -1.36. The summed E-state index contributed by atoms with van der Waals surface area (Å²) in [5, 5.41) is 8.84. The van der Waals surface area contributed by atoms with Gasteiger partial charge in [-0.25, -0.2) is 4.98 Å². The summed E-state index contributed by atoms with van der Waals surface area (Å²) in [5.41, 5.74) is 3.45. The Kier molecular flexibility index (Phi) is 4.01. The van der Waals surface area contributed by atoms with Gasteiger partial charge >= 0.3 is 0 Å². The van der Waals surface area contributed by atoms with Crippen molar-refractivity contribution in [1.29, 1.82) is 0 Å². The van der Waals surface area contributed by atoms with Gasteiger partial charge in [0.2, 0.25) is 0 Å². The van der Waals surface area contributed by atoms with Gasteiger partial charge in [-0.1, -0.05) is 0 Å². The summed E-state index contributed by atoms with van der Waals surface area (Å²) in [5.74, 6) is 0. The predicted molar refractivity (Wildman–Crippen MR) is 76.4 cm³/mol. The van der Waals surface area contributed by atoms with Gasteiger partial charge in [-0.3, -0.25) is 4.68 Å². The van der Waals surface area contributed by atoms with Crippen molar-refractivity contribution in [3.8, 4) is 0 Å². The fraction of sp³-hybridized carbons (Fsp3) is 0.538. The zero-order valence-electron chi connectivity index (χ0n) is 11.4. The number of nitrogens with one attached hydrogen (secondary N) is 1. The lowest BCUT2D eigenvalue weighted by atomic mass is 10.4. The monoisotopic (exact) mass is 264 g/mol. The first-order chi connectivity index (χ1) is 8.56. The second-order valence-electron chi connectivity index (χ2n) is 4.59. The maximum Gasteiger partial charge on any atom is 0.183 e. The second kappa shape index (κ2) is 5.52. The first kappa shape index (κ1) is 13.1. The summed E-state index contributed by atoms with van der Waals surface area (Å²) in [6.07, 6.45) is 1.06. The molecule has 2 aromatic rings. The molecule has 0 unspecified atom stereocenters. The van der Waals surface area contributed by atoms with E-state index < -0.39 is 0 Å². The number of hydrogen-bond acceptors (Lipinski definition) is 4. The smallest absolute Gasteiger partial charge is 0.183 e. The van der Waals surface area contributed by atoms with Gasteiger partial charge in [0.15, 0.2) is 5.13 Å². The SMILES string of the molecule is Cc1cc(C)n(CCCNc2nc(C)c(C)s2)n1. The highest BCUT2D eigenvalue weighted by Gasteiger charge is 2.03. The van der Waals surface area contributed by atoms with Crippen LogP contribution in [0.3, 0.4) is 0 Å². The van der Waals surface area contributed by atoms with Crippen LogP contribution in [0.2, 0.25) is 0 Å². The van der Waals surface area contributed by atoms with Crippen molar-refractivity contribution >= 4 is 16.5 Å². The number of aromatic nitrogens is 3. The van der Waals surface area contributed by atoms with Gasteiger partial charge in [0, 0.05) is 23.7 Å². The highest BCUT2D eigenvalue weighted by molar-refractivity contribution is 7.15. The van der Waals surface area contributed by atoms with Gasteiger partial charge in [-0.05, 0) is 40.2 Å². The molecule has 5 heteroatoms. The summed E-state index contributed by atoms with van der Waals surface area (Å²) < 4.78 is 2.06. The minimum atomic E-state index is 0.935. The van der Waals surface area contributed by atoms with Crippen molar-refractivity contribution in [1.82, 2.24) is 14.8 Å². The van der Waals surface area contributed by atoms with Crippen LogP contribution in [-0.2, 0) is 6.54 Å². The Balaban J connectivity index is 1.78. The molecule has 2 rings (SSSR count). The quantitative estimate of drug-likeness (QED) is 0.844. The highest BCUT2D eigenvalue weighted by Crippen LogP contribution is 2.20. The molecule has 2 aromatic heterocycles. The molecule has 0 amide bonds. The first-order valence-electron chi connectivity index (χ1n) is 6.25. The normalized spacial score (nSPS) is 10.9. The van der Waals surface area contributed by atoms with Gasteiger partial charge in [-0.2, -0.15) is 5.10 Å². The first-order valence-corrected chi connectivity index (χ1v) is 7.07. The average molecular weight is 264 g/mol. The van der Waals surface area contributed by atoms with Crippen LogP contribution in [0.15, 0.2) is 6.07 Å². The maximum atomic E-state index is 4.46. The number of rotatable bonds is 5. The van der Waals surface area contributed by atoms with E-state index in [2.05, 4.69) is 40.0 Å². The van der Waals surface area contributed by atoms with E-state index in [9.17, 15) is 0 Å². The van der Waals surface area contributed by atoms with Crippen molar-refractivity contribution in [2.45, 2.75) is 40.7 Å². The third kappa shape index (κ3) is 3.10. The van der Waals surface area contributed by atoms with E-state index in [0.717, 1.165) is 36.0 Å². The molecule has 0 fully saturated rings. The largest absolute Gasteiger partial charge is 0.361 e. The molecule has 0 saturated heterocycles. The number of aryl methyl sites for hydroxylation is 5. The number of anilines is 1. The Morgan fingerprint density at radius 2 is 2.06 bits per heavy atom. The number of thiazole rings is 1. The molecule has 2 heterocycles. The molecule has 4 nitrogen and oxygen atoms in total. The van der Waals surface area contributed by atoms with Crippen LogP contribution >= 0.6 is 11.3 Å². The minimum Gasteiger partial charge on any atom is -0.361 e. The third-order valence-electron chi connectivity index (χ3n) is 2.95. The molecule has 0 aromatic carbocycles. The molecule has 0 saturated carbocycles. The molecule has 98 valence electrons. The molecular weight excluding hydrogens is 244 g/mol. The number of nitrogens with zero attached hydrogens (tertiary/aromatic N) is 3. The predicted octanol–water partition coefficient (Wildman–Crippen LogP) is 3.08. The van der Waals surface area contributed by atoms with Gasteiger partial charge in [0.05, 0.1) is 11.4 Å². The molecule has 0 radical (unpaired) electrons. The van der Waals surface area contributed by atoms with Crippen molar-refractivity contribution in [3.63, 3.8) is 0 Å². The van der Waals surface area contributed by atoms with Crippen molar-refractivity contribution in [3.05, 3.63) is 28.0 Å². The van der Waals surface area contributed by atoms with Gasteiger partial charge in [0.25, 0.3) is 0 Å². The van der Waals surface area contributed by atoms with E-state index in [1.54, 1.807) is 11.3 Å². The Bertz CT molecular complexity index is 508. The third-order valence-corrected chi connectivity index (χ3v) is 3.99.